The highest BCUT2D eigenvalue weighted by molar-refractivity contribution is 6.05. The fourth-order valence-corrected chi connectivity index (χ4v) is 11.3. The van der Waals surface area contributed by atoms with Crippen molar-refractivity contribution in [2.24, 2.45) is 0 Å². The van der Waals surface area contributed by atoms with Crippen LogP contribution in [0.5, 0.6) is 0 Å². The highest BCUT2D eigenvalue weighted by Gasteiger charge is 2.47. The fraction of sp³-hybridized carbons (Fsp3) is 0.0154. The van der Waals surface area contributed by atoms with Crippen LogP contribution in [0.25, 0.3) is 77.5 Å². The van der Waals surface area contributed by atoms with Crippen LogP contribution < -0.4 is 4.90 Å². The van der Waals surface area contributed by atoms with Gasteiger partial charge in [-0.25, -0.2) is 0 Å². The van der Waals surface area contributed by atoms with Crippen molar-refractivity contribution in [2.45, 2.75) is 5.41 Å². The zero-order valence-corrected chi connectivity index (χ0v) is 36.3. The van der Waals surface area contributed by atoms with E-state index < -0.39 is 5.41 Å². The molecule has 0 aliphatic heterocycles. The third kappa shape index (κ3) is 5.73. The first-order chi connectivity index (χ1) is 32.8. The lowest BCUT2D eigenvalue weighted by atomic mass is 9.68. The van der Waals surface area contributed by atoms with Crippen LogP contribution in [0.1, 0.15) is 22.3 Å². The van der Waals surface area contributed by atoms with Crippen molar-refractivity contribution in [1.29, 1.82) is 0 Å². The van der Waals surface area contributed by atoms with E-state index >= 15 is 0 Å². The molecule has 0 unspecified atom stereocenters. The van der Waals surface area contributed by atoms with E-state index in [1.807, 2.05) is 0 Å². The van der Waals surface area contributed by atoms with E-state index in [9.17, 15) is 0 Å². The normalized spacial score (nSPS) is 12.7. The topological polar surface area (TPSA) is 3.24 Å². The van der Waals surface area contributed by atoms with Crippen LogP contribution in [-0.2, 0) is 5.41 Å². The Morgan fingerprint density at radius 2 is 0.712 bits per heavy atom. The molecule has 0 saturated heterocycles. The maximum Gasteiger partial charge on any atom is 0.0714 e. The minimum absolute atomic E-state index is 0.531. The Hall–Kier alpha value is -8.52. The molecule has 0 bridgehead atoms. The summed E-state index contributed by atoms with van der Waals surface area (Å²) in [6.07, 6.45) is 0. The molecule has 0 heterocycles. The van der Waals surface area contributed by atoms with Gasteiger partial charge in [0.25, 0.3) is 0 Å². The summed E-state index contributed by atoms with van der Waals surface area (Å²) in [7, 11) is 0. The molecule has 0 aromatic heterocycles. The molecule has 0 N–H and O–H groups in total. The van der Waals surface area contributed by atoms with Gasteiger partial charge in [-0.3, -0.25) is 0 Å². The molecule has 1 nitrogen and oxygen atoms in total. The molecule has 308 valence electrons. The lowest BCUT2D eigenvalue weighted by Gasteiger charge is -2.34. The molecule has 2 aliphatic rings. The molecule has 0 atom stereocenters. The number of benzene rings is 11. The van der Waals surface area contributed by atoms with Crippen molar-refractivity contribution < 1.29 is 0 Å². The molecular formula is C65H43N. The van der Waals surface area contributed by atoms with E-state index in [2.05, 4.69) is 266 Å². The lowest BCUT2D eigenvalue weighted by Crippen LogP contribution is -2.28. The van der Waals surface area contributed by atoms with Crippen LogP contribution in [-0.4, -0.2) is 0 Å². The summed E-state index contributed by atoms with van der Waals surface area (Å²) < 4.78 is 0. The minimum Gasteiger partial charge on any atom is -0.310 e. The van der Waals surface area contributed by atoms with Gasteiger partial charge in [-0.05, 0) is 125 Å². The van der Waals surface area contributed by atoms with Crippen LogP contribution >= 0.6 is 0 Å². The Labute approximate surface area is 386 Å². The first kappa shape index (κ1) is 38.0. The van der Waals surface area contributed by atoms with Gasteiger partial charge in [0, 0.05) is 16.9 Å². The molecular weight excluding hydrogens is 795 g/mol. The second kappa shape index (κ2) is 15.3. The van der Waals surface area contributed by atoms with Gasteiger partial charge in [0.15, 0.2) is 0 Å². The lowest BCUT2D eigenvalue weighted by molar-refractivity contribution is 0.768. The van der Waals surface area contributed by atoms with E-state index in [1.54, 1.807) is 0 Å². The van der Waals surface area contributed by atoms with Crippen LogP contribution in [0.4, 0.5) is 17.1 Å². The molecule has 2 aliphatic carbocycles. The highest BCUT2D eigenvalue weighted by atomic mass is 15.1. The summed E-state index contributed by atoms with van der Waals surface area (Å²) in [6.45, 7) is 0. The molecule has 11 aromatic rings. The number of fused-ring (bicyclic) bond motifs is 12. The van der Waals surface area contributed by atoms with E-state index in [0.717, 1.165) is 17.1 Å². The maximum atomic E-state index is 2.51. The predicted molar refractivity (Wildman–Crippen MR) is 277 cm³/mol. The summed E-state index contributed by atoms with van der Waals surface area (Å²) in [5.74, 6) is 0. The number of hydrogen-bond acceptors (Lipinski definition) is 1. The van der Waals surface area contributed by atoms with Crippen molar-refractivity contribution in [2.75, 3.05) is 4.90 Å². The highest BCUT2D eigenvalue weighted by Crippen LogP contribution is 2.60. The predicted octanol–water partition coefficient (Wildman–Crippen LogP) is 17.3. The Morgan fingerprint density at radius 3 is 1.33 bits per heavy atom. The second-order valence-corrected chi connectivity index (χ2v) is 17.5. The molecule has 0 saturated carbocycles. The first-order valence-electron chi connectivity index (χ1n) is 22.9. The third-order valence-electron chi connectivity index (χ3n) is 14.1. The summed E-state index contributed by atoms with van der Waals surface area (Å²) in [5.41, 5.74) is 22.6. The van der Waals surface area contributed by atoms with Gasteiger partial charge in [0.1, 0.15) is 0 Å². The zero-order valence-electron chi connectivity index (χ0n) is 36.3. The smallest absolute Gasteiger partial charge is 0.0714 e. The van der Waals surface area contributed by atoms with Crippen molar-refractivity contribution in [3.8, 4) is 66.8 Å². The van der Waals surface area contributed by atoms with Crippen molar-refractivity contribution >= 4 is 27.8 Å². The summed E-state index contributed by atoms with van der Waals surface area (Å²) in [5, 5.41) is 2.49. The van der Waals surface area contributed by atoms with E-state index in [-0.39, 0.29) is 0 Å². The molecule has 1 heteroatoms. The van der Waals surface area contributed by atoms with E-state index in [1.165, 1.54) is 99.8 Å². The molecule has 0 radical (unpaired) electrons. The number of rotatable bonds is 6. The molecule has 11 aromatic carbocycles. The molecule has 0 amide bonds. The number of anilines is 3. The second-order valence-electron chi connectivity index (χ2n) is 17.5. The van der Waals surface area contributed by atoms with Gasteiger partial charge in [0.2, 0.25) is 0 Å². The van der Waals surface area contributed by atoms with E-state index in [4.69, 9.17) is 0 Å². The van der Waals surface area contributed by atoms with Crippen LogP contribution in [0, 0.1) is 0 Å². The van der Waals surface area contributed by atoms with Gasteiger partial charge in [-0.15, -0.1) is 0 Å². The number of nitrogens with zero attached hydrogens (tertiary/aromatic N) is 1. The van der Waals surface area contributed by atoms with Crippen molar-refractivity contribution in [1.82, 2.24) is 0 Å². The standard InChI is InChI=1S/C65H43N/c1-3-21-46(22-4-1)65(47-23-5-2-6-24-47)61-34-16-15-32-59(61)64-62(65)35-18-36-63(64)66(48-39-37-45(38-40-48)51-33-17-20-44-19-7-8-25-50(44)51)49-41-42-58-56-30-12-11-28-54(56)52-26-9-10-27-53(52)55-29-13-14-31-57(55)60(58)43-49/h1-43H. The Balaban J connectivity index is 1.09. The zero-order chi connectivity index (χ0) is 43.6. The van der Waals surface area contributed by atoms with Gasteiger partial charge >= 0.3 is 0 Å². The fourth-order valence-electron chi connectivity index (χ4n) is 11.3. The Morgan fingerprint density at radius 1 is 0.273 bits per heavy atom. The summed E-state index contributed by atoms with van der Waals surface area (Å²) in [6, 6.07) is 96.6. The largest absolute Gasteiger partial charge is 0.310 e. The van der Waals surface area contributed by atoms with Crippen LogP contribution in [0.15, 0.2) is 261 Å². The van der Waals surface area contributed by atoms with Gasteiger partial charge in [-0.1, -0.05) is 231 Å². The van der Waals surface area contributed by atoms with Gasteiger partial charge in [0.05, 0.1) is 11.1 Å². The molecule has 13 rings (SSSR count). The van der Waals surface area contributed by atoms with Gasteiger partial charge in [-0.2, -0.15) is 0 Å². The maximum absolute atomic E-state index is 2.51. The molecule has 0 fully saturated rings. The molecule has 0 spiro atoms. The number of hydrogen-bond donors (Lipinski definition) is 0. The summed E-state index contributed by atoms with van der Waals surface area (Å²) >= 11 is 0. The van der Waals surface area contributed by atoms with E-state index in [0.29, 0.717) is 0 Å². The van der Waals surface area contributed by atoms with Crippen LogP contribution in [0.3, 0.4) is 0 Å². The average Bonchev–Trinajstić information content (AvgIpc) is 3.70. The monoisotopic (exact) mass is 837 g/mol. The molecule has 66 heavy (non-hydrogen) atoms. The summed E-state index contributed by atoms with van der Waals surface area (Å²) in [4.78, 5) is 2.51. The minimum atomic E-state index is -0.531. The first-order valence-corrected chi connectivity index (χ1v) is 22.9. The Bertz CT molecular complexity index is 3590. The van der Waals surface area contributed by atoms with Crippen molar-refractivity contribution in [3.05, 3.63) is 283 Å². The van der Waals surface area contributed by atoms with Gasteiger partial charge < -0.3 is 4.90 Å². The average molecular weight is 838 g/mol. The van der Waals surface area contributed by atoms with Crippen LogP contribution in [0.2, 0.25) is 0 Å². The van der Waals surface area contributed by atoms with Crippen molar-refractivity contribution in [3.63, 3.8) is 0 Å². The SMILES string of the molecule is c1ccc(C2(c3ccccc3)c3ccccc3-c3c(N(c4ccc(-c5cccc6ccccc56)cc4)c4ccc5c(c4)-c4ccccc4-c4ccccc4-c4ccccc4-5)cccc32)cc1. The third-order valence-corrected chi connectivity index (χ3v) is 14.1. The Kier molecular flexibility index (Phi) is 8.82. The quantitative estimate of drug-likeness (QED) is 0.161.